The maximum Gasteiger partial charge on any atom is 0.222 e. The van der Waals surface area contributed by atoms with Crippen molar-refractivity contribution in [2.75, 3.05) is 13.1 Å². The highest BCUT2D eigenvalue weighted by Crippen LogP contribution is 2.23. The van der Waals surface area contributed by atoms with Gasteiger partial charge in [-0.15, -0.1) is 11.3 Å². The summed E-state index contributed by atoms with van der Waals surface area (Å²) >= 11 is 1.55. The summed E-state index contributed by atoms with van der Waals surface area (Å²) in [7, 11) is 0. The summed E-state index contributed by atoms with van der Waals surface area (Å²) in [5.41, 5.74) is 2.40. The number of hydrogen-bond acceptors (Lipinski definition) is 4. The Morgan fingerprint density at radius 1 is 1.10 bits per heavy atom. The SMILES string of the molecule is CC(=O)NC(CC(=O)NCc1ccc(CN2CC(C)CC(C)C2)cc1)c1cccs1. The topological polar surface area (TPSA) is 61.4 Å². The summed E-state index contributed by atoms with van der Waals surface area (Å²) in [5, 5.41) is 7.80. The first-order chi connectivity index (χ1) is 14.4. The van der Waals surface area contributed by atoms with Crippen LogP contribution < -0.4 is 10.6 Å². The van der Waals surface area contributed by atoms with Crippen molar-refractivity contribution in [3.63, 3.8) is 0 Å². The van der Waals surface area contributed by atoms with E-state index in [1.54, 1.807) is 11.3 Å². The molecule has 162 valence electrons. The number of thiophene rings is 1. The van der Waals surface area contributed by atoms with E-state index in [1.807, 2.05) is 17.5 Å². The lowest BCUT2D eigenvalue weighted by molar-refractivity contribution is -0.122. The van der Waals surface area contributed by atoms with E-state index in [9.17, 15) is 9.59 Å². The minimum absolute atomic E-state index is 0.0671. The lowest BCUT2D eigenvalue weighted by atomic mass is 9.91. The van der Waals surface area contributed by atoms with Crippen molar-refractivity contribution < 1.29 is 9.59 Å². The molecule has 2 aromatic rings. The molecule has 0 bridgehead atoms. The first-order valence-electron chi connectivity index (χ1n) is 10.8. The van der Waals surface area contributed by atoms with Gasteiger partial charge in [0, 0.05) is 38.0 Å². The van der Waals surface area contributed by atoms with Crippen molar-refractivity contribution in [2.45, 2.75) is 52.7 Å². The lowest BCUT2D eigenvalue weighted by Gasteiger charge is -2.35. The summed E-state index contributed by atoms with van der Waals surface area (Å²) in [6.07, 6.45) is 1.56. The molecule has 1 aromatic heterocycles. The average Bonchev–Trinajstić information content (AvgIpc) is 3.20. The third-order valence-corrected chi connectivity index (χ3v) is 6.50. The normalized spacial score (nSPS) is 20.5. The smallest absolute Gasteiger partial charge is 0.222 e. The van der Waals surface area contributed by atoms with Crippen molar-refractivity contribution in [1.82, 2.24) is 15.5 Å². The van der Waals surface area contributed by atoms with Crippen molar-refractivity contribution >= 4 is 23.2 Å². The molecule has 5 nitrogen and oxygen atoms in total. The standard InChI is InChI=1S/C24H33N3O2S/c1-17-11-18(2)15-27(14-17)16-21-8-6-20(7-9-21)13-25-24(29)12-22(26-19(3)28)23-5-4-10-30-23/h4-10,17-18,22H,11-16H2,1-3H3,(H,25,29)(H,26,28). The fraction of sp³-hybridized carbons (Fsp3) is 0.500. The Bertz CT molecular complexity index is 809. The van der Waals surface area contributed by atoms with Gasteiger partial charge in [-0.25, -0.2) is 0 Å². The molecule has 0 saturated carbocycles. The van der Waals surface area contributed by atoms with Crippen LogP contribution >= 0.6 is 11.3 Å². The van der Waals surface area contributed by atoms with Crippen LogP contribution in [0.1, 0.15) is 55.7 Å². The Balaban J connectivity index is 1.48. The molecule has 0 aliphatic carbocycles. The highest BCUT2D eigenvalue weighted by molar-refractivity contribution is 7.10. The van der Waals surface area contributed by atoms with Crippen LogP contribution in [0.3, 0.4) is 0 Å². The molecule has 3 unspecified atom stereocenters. The second kappa shape index (κ2) is 10.7. The molecule has 30 heavy (non-hydrogen) atoms. The molecule has 2 N–H and O–H groups in total. The van der Waals surface area contributed by atoms with Gasteiger partial charge in [0.2, 0.25) is 11.8 Å². The summed E-state index contributed by atoms with van der Waals surface area (Å²) in [4.78, 5) is 27.4. The van der Waals surface area contributed by atoms with E-state index < -0.39 is 0 Å². The number of amides is 2. The molecule has 0 radical (unpaired) electrons. The van der Waals surface area contributed by atoms with Gasteiger partial charge in [0.15, 0.2) is 0 Å². The molecule has 1 aliphatic rings. The highest BCUT2D eigenvalue weighted by Gasteiger charge is 2.21. The first kappa shape index (κ1) is 22.5. The third kappa shape index (κ3) is 6.96. The predicted octanol–water partition coefficient (Wildman–Crippen LogP) is 4.11. The zero-order chi connectivity index (χ0) is 21.5. The summed E-state index contributed by atoms with van der Waals surface area (Å²) in [6.45, 7) is 9.97. The van der Waals surface area contributed by atoms with Crippen LogP contribution in [-0.4, -0.2) is 29.8 Å². The average molecular weight is 428 g/mol. The number of piperidine rings is 1. The minimum Gasteiger partial charge on any atom is -0.352 e. The molecule has 3 atom stereocenters. The molecule has 3 rings (SSSR count). The van der Waals surface area contributed by atoms with Gasteiger partial charge in [-0.1, -0.05) is 44.2 Å². The number of hydrogen-bond donors (Lipinski definition) is 2. The van der Waals surface area contributed by atoms with Crippen molar-refractivity contribution in [2.24, 2.45) is 11.8 Å². The molecule has 0 spiro atoms. The third-order valence-electron chi connectivity index (χ3n) is 5.52. The van der Waals surface area contributed by atoms with E-state index in [0.717, 1.165) is 28.8 Å². The van der Waals surface area contributed by atoms with E-state index >= 15 is 0 Å². The van der Waals surface area contributed by atoms with Gasteiger partial charge in [-0.2, -0.15) is 0 Å². The molecule has 1 saturated heterocycles. The van der Waals surface area contributed by atoms with Gasteiger partial charge >= 0.3 is 0 Å². The number of carbonyl (C=O) groups excluding carboxylic acids is 2. The van der Waals surface area contributed by atoms with Gasteiger partial charge in [-0.05, 0) is 40.8 Å². The predicted molar refractivity (Wildman–Crippen MR) is 122 cm³/mol. The van der Waals surface area contributed by atoms with E-state index in [1.165, 1.54) is 32.0 Å². The maximum atomic E-state index is 12.4. The fourth-order valence-electron chi connectivity index (χ4n) is 4.36. The summed E-state index contributed by atoms with van der Waals surface area (Å²) < 4.78 is 0. The summed E-state index contributed by atoms with van der Waals surface area (Å²) in [6, 6.07) is 12.1. The monoisotopic (exact) mass is 427 g/mol. The highest BCUT2D eigenvalue weighted by atomic mass is 32.1. The Hall–Kier alpha value is -2.18. The Morgan fingerprint density at radius 3 is 2.37 bits per heavy atom. The van der Waals surface area contributed by atoms with Crippen LogP contribution in [0.15, 0.2) is 41.8 Å². The number of benzene rings is 1. The molecule has 6 heteroatoms. The number of likely N-dealkylation sites (tertiary alicyclic amines) is 1. The zero-order valence-corrected chi connectivity index (χ0v) is 19.0. The molecule has 1 aliphatic heterocycles. The van der Waals surface area contributed by atoms with Crippen LogP contribution in [0.5, 0.6) is 0 Å². The molecular formula is C24H33N3O2S. The largest absolute Gasteiger partial charge is 0.352 e. The zero-order valence-electron chi connectivity index (χ0n) is 18.2. The van der Waals surface area contributed by atoms with Crippen LogP contribution in [0.4, 0.5) is 0 Å². The minimum atomic E-state index is -0.279. The maximum absolute atomic E-state index is 12.4. The Labute approximate surface area is 183 Å². The van der Waals surface area contributed by atoms with Crippen LogP contribution in [0, 0.1) is 11.8 Å². The fourth-order valence-corrected chi connectivity index (χ4v) is 5.14. The summed E-state index contributed by atoms with van der Waals surface area (Å²) in [5.74, 6) is 1.33. The van der Waals surface area contributed by atoms with Crippen LogP contribution in [0.2, 0.25) is 0 Å². The Morgan fingerprint density at radius 2 is 1.77 bits per heavy atom. The first-order valence-corrected chi connectivity index (χ1v) is 11.6. The van der Waals surface area contributed by atoms with Gasteiger partial charge in [0.1, 0.15) is 0 Å². The van der Waals surface area contributed by atoms with E-state index in [-0.39, 0.29) is 24.3 Å². The molecule has 1 aromatic carbocycles. The van der Waals surface area contributed by atoms with Gasteiger partial charge in [0.25, 0.3) is 0 Å². The van der Waals surface area contributed by atoms with Gasteiger partial charge in [0.05, 0.1) is 12.5 Å². The van der Waals surface area contributed by atoms with Crippen molar-refractivity contribution in [1.29, 1.82) is 0 Å². The second-order valence-corrected chi connectivity index (χ2v) is 9.69. The van der Waals surface area contributed by atoms with Crippen LogP contribution in [0.25, 0.3) is 0 Å². The number of rotatable bonds is 8. The van der Waals surface area contributed by atoms with Crippen LogP contribution in [-0.2, 0) is 22.7 Å². The lowest BCUT2D eigenvalue weighted by Crippen LogP contribution is -2.38. The van der Waals surface area contributed by atoms with E-state index in [2.05, 4.69) is 53.6 Å². The van der Waals surface area contributed by atoms with Crippen molar-refractivity contribution in [3.8, 4) is 0 Å². The van der Waals surface area contributed by atoms with Crippen molar-refractivity contribution in [3.05, 3.63) is 57.8 Å². The molecule has 2 heterocycles. The van der Waals surface area contributed by atoms with Gasteiger partial charge in [-0.3, -0.25) is 14.5 Å². The Kier molecular flexibility index (Phi) is 8.05. The second-order valence-electron chi connectivity index (χ2n) is 8.71. The molecular weight excluding hydrogens is 394 g/mol. The quantitative estimate of drug-likeness (QED) is 0.666. The van der Waals surface area contributed by atoms with Gasteiger partial charge < -0.3 is 10.6 Å². The van der Waals surface area contributed by atoms with E-state index in [0.29, 0.717) is 6.54 Å². The number of carbonyl (C=O) groups is 2. The number of nitrogens with one attached hydrogen (secondary N) is 2. The van der Waals surface area contributed by atoms with E-state index in [4.69, 9.17) is 0 Å². The molecule has 2 amide bonds. The molecule has 1 fully saturated rings. The number of nitrogens with zero attached hydrogens (tertiary/aromatic N) is 1.